The van der Waals surface area contributed by atoms with Gasteiger partial charge >= 0.3 is 0 Å². The van der Waals surface area contributed by atoms with Crippen LogP contribution in [-0.4, -0.2) is 39.5 Å². The van der Waals surface area contributed by atoms with Crippen molar-refractivity contribution in [3.8, 4) is 11.5 Å². The van der Waals surface area contributed by atoms with E-state index in [9.17, 15) is 0 Å². The summed E-state index contributed by atoms with van der Waals surface area (Å²) in [6.45, 7) is 3.48. The predicted octanol–water partition coefficient (Wildman–Crippen LogP) is 2.94. The summed E-state index contributed by atoms with van der Waals surface area (Å²) in [4.78, 5) is 0. The monoisotopic (exact) mass is 372 g/mol. The van der Waals surface area contributed by atoms with Crippen LogP contribution in [0.4, 0.5) is 0 Å². The molecule has 2 rings (SSSR count). The highest BCUT2D eigenvalue weighted by molar-refractivity contribution is 5.34. The number of nitrogens with two attached hydrogens (primary N) is 2. The molecule has 0 radical (unpaired) electrons. The molecule has 0 saturated heterocycles. The van der Waals surface area contributed by atoms with Crippen LogP contribution in [0, 0.1) is 0 Å². The van der Waals surface area contributed by atoms with Gasteiger partial charge in [0.05, 0.1) is 13.2 Å². The van der Waals surface area contributed by atoms with E-state index < -0.39 is 0 Å². The van der Waals surface area contributed by atoms with Crippen LogP contribution >= 0.6 is 0 Å². The second kappa shape index (κ2) is 13.1. The topological polar surface area (TPSA) is 79.7 Å². The van der Waals surface area contributed by atoms with Gasteiger partial charge in [0.2, 0.25) is 0 Å². The van der Waals surface area contributed by atoms with Crippen LogP contribution in [0.5, 0.6) is 11.5 Å². The Morgan fingerprint density at radius 3 is 1.48 bits per heavy atom. The van der Waals surface area contributed by atoms with E-state index in [1.165, 1.54) is 11.1 Å². The van der Waals surface area contributed by atoms with Crippen LogP contribution in [-0.2, 0) is 17.6 Å². The third-order valence-corrected chi connectivity index (χ3v) is 4.22. The summed E-state index contributed by atoms with van der Waals surface area (Å²) in [5.74, 6) is 1.83. The van der Waals surface area contributed by atoms with E-state index in [4.69, 9.17) is 25.7 Å². The molecule has 0 aliphatic rings. The van der Waals surface area contributed by atoms with Gasteiger partial charge in [-0.25, -0.2) is 0 Å². The van der Waals surface area contributed by atoms with Crippen LogP contribution < -0.4 is 20.9 Å². The number of aryl methyl sites for hydroxylation is 2. The summed E-state index contributed by atoms with van der Waals surface area (Å²) in [6.07, 6.45) is 3.79. The molecule has 148 valence electrons. The first kappa shape index (κ1) is 21.2. The zero-order chi connectivity index (χ0) is 19.2. The van der Waals surface area contributed by atoms with E-state index in [0.717, 1.165) is 37.2 Å². The van der Waals surface area contributed by atoms with Gasteiger partial charge in [-0.05, 0) is 62.0 Å². The Balaban J connectivity index is 1.63. The fourth-order valence-corrected chi connectivity index (χ4v) is 2.81. The molecule has 0 heterocycles. The minimum atomic E-state index is 0.521. The molecule has 5 nitrogen and oxygen atoms in total. The average molecular weight is 373 g/mol. The highest BCUT2D eigenvalue weighted by atomic mass is 16.5. The quantitative estimate of drug-likeness (QED) is 0.499. The van der Waals surface area contributed by atoms with Crippen LogP contribution in [0.25, 0.3) is 0 Å². The van der Waals surface area contributed by atoms with Gasteiger partial charge in [0, 0.05) is 0 Å². The largest absolute Gasteiger partial charge is 0.491 e. The van der Waals surface area contributed by atoms with Gasteiger partial charge in [-0.2, -0.15) is 0 Å². The standard InChI is InChI=1S/C22H32N2O3/c23-13-5-9-19-7-1-3-11-21(19)26-17-15-25-16-18-27-22-12-4-2-8-20(22)10-6-14-24/h1-4,7-8,11-12H,5-6,9-10,13-18,23-24H2. The number of benzene rings is 2. The molecule has 0 spiro atoms. The SMILES string of the molecule is NCCCc1ccccc1OCCOCCOc1ccccc1CCCN. The van der Waals surface area contributed by atoms with Gasteiger partial charge in [0.25, 0.3) is 0 Å². The van der Waals surface area contributed by atoms with Crippen molar-refractivity contribution in [2.75, 3.05) is 39.5 Å². The lowest BCUT2D eigenvalue weighted by atomic mass is 10.1. The Morgan fingerprint density at radius 1 is 0.593 bits per heavy atom. The van der Waals surface area contributed by atoms with Crippen molar-refractivity contribution in [2.45, 2.75) is 25.7 Å². The van der Waals surface area contributed by atoms with Gasteiger partial charge in [-0.1, -0.05) is 36.4 Å². The number of hydrogen-bond donors (Lipinski definition) is 2. The first-order valence-corrected chi connectivity index (χ1v) is 9.74. The van der Waals surface area contributed by atoms with E-state index in [-0.39, 0.29) is 0 Å². The molecule has 2 aromatic carbocycles. The van der Waals surface area contributed by atoms with Gasteiger partial charge in [-0.3, -0.25) is 0 Å². The van der Waals surface area contributed by atoms with Crippen molar-refractivity contribution < 1.29 is 14.2 Å². The third kappa shape index (κ3) is 7.99. The third-order valence-electron chi connectivity index (χ3n) is 4.22. The van der Waals surface area contributed by atoms with Gasteiger partial charge < -0.3 is 25.7 Å². The molecule has 0 fully saturated rings. The van der Waals surface area contributed by atoms with E-state index in [1.54, 1.807) is 0 Å². The van der Waals surface area contributed by atoms with Crippen LogP contribution in [0.3, 0.4) is 0 Å². The number of para-hydroxylation sites is 2. The van der Waals surface area contributed by atoms with Gasteiger partial charge in [0.1, 0.15) is 24.7 Å². The first-order valence-electron chi connectivity index (χ1n) is 9.74. The van der Waals surface area contributed by atoms with Crippen LogP contribution in [0.2, 0.25) is 0 Å². The summed E-state index contributed by atoms with van der Waals surface area (Å²) in [6, 6.07) is 16.2. The van der Waals surface area contributed by atoms with Crippen molar-refractivity contribution in [3.63, 3.8) is 0 Å². The molecule has 0 aromatic heterocycles. The number of ether oxygens (including phenoxy) is 3. The fraction of sp³-hybridized carbons (Fsp3) is 0.455. The maximum absolute atomic E-state index is 5.84. The second-order valence-corrected chi connectivity index (χ2v) is 6.31. The summed E-state index contributed by atoms with van der Waals surface area (Å²) in [7, 11) is 0. The molecule has 0 saturated carbocycles. The van der Waals surface area contributed by atoms with Crippen LogP contribution in [0.1, 0.15) is 24.0 Å². The van der Waals surface area contributed by atoms with E-state index >= 15 is 0 Å². The maximum atomic E-state index is 5.84. The molecule has 2 aromatic rings. The Bertz CT molecular complexity index is 593. The Hall–Kier alpha value is -2.08. The summed E-state index contributed by atoms with van der Waals surface area (Å²) in [5.41, 5.74) is 13.6. The lowest BCUT2D eigenvalue weighted by Gasteiger charge is -2.13. The second-order valence-electron chi connectivity index (χ2n) is 6.31. The highest BCUT2D eigenvalue weighted by Crippen LogP contribution is 2.20. The highest BCUT2D eigenvalue weighted by Gasteiger charge is 2.04. The summed E-state index contributed by atoms with van der Waals surface area (Å²) in [5, 5.41) is 0. The minimum Gasteiger partial charge on any atom is -0.491 e. The van der Waals surface area contributed by atoms with Crippen molar-refractivity contribution in [2.24, 2.45) is 11.5 Å². The summed E-state index contributed by atoms with van der Waals surface area (Å²) >= 11 is 0. The van der Waals surface area contributed by atoms with Crippen molar-refractivity contribution in [3.05, 3.63) is 59.7 Å². The normalized spacial score (nSPS) is 10.7. The number of rotatable bonds is 14. The van der Waals surface area contributed by atoms with Gasteiger partial charge in [0.15, 0.2) is 0 Å². The Kier molecular flexibility index (Phi) is 10.3. The molecular weight excluding hydrogens is 340 g/mol. The molecule has 0 atom stereocenters. The molecule has 0 bridgehead atoms. The average Bonchev–Trinajstić information content (AvgIpc) is 2.71. The zero-order valence-corrected chi connectivity index (χ0v) is 16.1. The zero-order valence-electron chi connectivity index (χ0n) is 16.1. The molecule has 0 aliphatic heterocycles. The lowest BCUT2D eigenvalue weighted by molar-refractivity contribution is 0.0759. The van der Waals surface area contributed by atoms with E-state index in [0.29, 0.717) is 39.5 Å². The minimum absolute atomic E-state index is 0.521. The predicted molar refractivity (Wildman–Crippen MR) is 109 cm³/mol. The smallest absolute Gasteiger partial charge is 0.122 e. The molecule has 0 unspecified atom stereocenters. The molecular formula is C22H32N2O3. The Morgan fingerprint density at radius 2 is 1.04 bits per heavy atom. The first-order chi connectivity index (χ1) is 13.3. The molecule has 4 N–H and O–H groups in total. The van der Waals surface area contributed by atoms with Crippen molar-refractivity contribution in [1.29, 1.82) is 0 Å². The summed E-state index contributed by atoms with van der Waals surface area (Å²) < 4.78 is 17.3. The molecule has 0 amide bonds. The van der Waals surface area contributed by atoms with E-state index in [1.807, 2.05) is 36.4 Å². The fourth-order valence-electron chi connectivity index (χ4n) is 2.81. The molecule has 5 heteroatoms. The van der Waals surface area contributed by atoms with Crippen molar-refractivity contribution in [1.82, 2.24) is 0 Å². The lowest BCUT2D eigenvalue weighted by Crippen LogP contribution is -2.13. The molecule has 0 aliphatic carbocycles. The van der Waals surface area contributed by atoms with E-state index in [2.05, 4.69) is 12.1 Å². The van der Waals surface area contributed by atoms with Crippen molar-refractivity contribution >= 4 is 0 Å². The van der Waals surface area contributed by atoms with Crippen LogP contribution in [0.15, 0.2) is 48.5 Å². The van der Waals surface area contributed by atoms with Gasteiger partial charge in [-0.15, -0.1) is 0 Å². The maximum Gasteiger partial charge on any atom is 0.122 e. The molecule has 27 heavy (non-hydrogen) atoms. The number of hydrogen-bond acceptors (Lipinski definition) is 5. The Labute approximate surface area is 162 Å².